The maximum atomic E-state index is 11.5. The molecule has 0 aliphatic carbocycles. The molecule has 152 valence electrons. The molecule has 1 aliphatic heterocycles. The molecular formula is C19H32N4O3S. The molecule has 0 amide bonds. The molecule has 0 saturated carbocycles. The molecule has 27 heavy (non-hydrogen) atoms. The fraction of sp³-hybridized carbons (Fsp3) is 0.632. The number of ether oxygens (including phenoxy) is 1. The smallest absolute Gasteiger partial charge is 0.191 e. The molecular weight excluding hydrogens is 364 g/mol. The van der Waals surface area contributed by atoms with Crippen LogP contribution in [0.25, 0.3) is 0 Å². The predicted octanol–water partition coefficient (Wildman–Crippen LogP) is 1.51. The van der Waals surface area contributed by atoms with Crippen molar-refractivity contribution in [1.29, 1.82) is 0 Å². The van der Waals surface area contributed by atoms with Gasteiger partial charge in [-0.2, -0.15) is 0 Å². The number of aliphatic imine (C=N–C) groups is 1. The van der Waals surface area contributed by atoms with E-state index in [4.69, 9.17) is 9.73 Å². The van der Waals surface area contributed by atoms with Crippen molar-refractivity contribution in [3.63, 3.8) is 0 Å². The Morgan fingerprint density at radius 3 is 2.63 bits per heavy atom. The number of nitrogens with one attached hydrogen (secondary N) is 2. The summed E-state index contributed by atoms with van der Waals surface area (Å²) in [6.07, 6.45) is 3.66. The summed E-state index contributed by atoms with van der Waals surface area (Å²) in [4.78, 5) is 7.48. The topological polar surface area (TPSA) is 83.0 Å². The Bertz CT molecular complexity index is 704. The summed E-state index contributed by atoms with van der Waals surface area (Å²) in [5, 5.41) is 6.54. The standard InChI is InChI=1S/C19H32N4O3S/c1-4-20-19(22-15-16-7-6-13-23(16)5-2)21-12-14-26-17-8-10-18(11-9-17)27(3,24)25/h8-11,16H,4-7,12-15H2,1-3H3,(H2,20,21,22). The Hall–Kier alpha value is -1.80. The summed E-state index contributed by atoms with van der Waals surface area (Å²) in [5.41, 5.74) is 0. The van der Waals surface area contributed by atoms with Crippen molar-refractivity contribution in [2.75, 3.05) is 45.6 Å². The van der Waals surface area contributed by atoms with E-state index in [0.717, 1.165) is 25.6 Å². The van der Waals surface area contributed by atoms with E-state index in [0.29, 0.717) is 29.8 Å². The number of benzene rings is 1. The number of nitrogens with zero attached hydrogens (tertiary/aromatic N) is 2. The van der Waals surface area contributed by atoms with E-state index in [2.05, 4.69) is 22.5 Å². The third-order valence-corrected chi connectivity index (χ3v) is 5.75. The molecule has 2 N–H and O–H groups in total. The average molecular weight is 397 g/mol. The maximum absolute atomic E-state index is 11.5. The van der Waals surface area contributed by atoms with Gasteiger partial charge in [-0.05, 0) is 57.1 Å². The van der Waals surface area contributed by atoms with Crippen molar-refractivity contribution >= 4 is 15.8 Å². The molecule has 1 aromatic rings. The van der Waals surface area contributed by atoms with Crippen LogP contribution in [0.2, 0.25) is 0 Å². The van der Waals surface area contributed by atoms with Crippen molar-refractivity contribution in [1.82, 2.24) is 15.5 Å². The SMILES string of the molecule is CCNC(=NCC1CCCN1CC)NCCOc1ccc(S(C)(=O)=O)cc1. The van der Waals surface area contributed by atoms with Crippen LogP contribution in [0.4, 0.5) is 0 Å². The fourth-order valence-electron chi connectivity index (χ4n) is 3.18. The first kappa shape index (κ1) is 21.5. The molecule has 1 aromatic carbocycles. The summed E-state index contributed by atoms with van der Waals surface area (Å²) in [5.74, 6) is 1.45. The first-order valence-electron chi connectivity index (χ1n) is 9.63. The van der Waals surface area contributed by atoms with Crippen molar-refractivity contribution < 1.29 is 13.2 Å². The minimum Gasteiger partial charge on any atom is -0.492 e. The van der Waals surface area contributed by atoms with Crippen LogP contribution < -0.4 is 15.4 Å². The molecule has 2 rings (SSSR count). The van der Waals surface area contributed by atoms with Gasteiger partial charge in [0.1, 0.15) is 12.4 Å². The van der Waals surface area contributed by atoms with Crippen LogP contribution in [0.15, 0.2) is 34.2 Å². The number of hydrogen-bond donors (Lipinski definition) is 2. The molecule has 1 fully saturated rings. The van der Waals surface area contributed by atoms with Crippen molar-refractivity contribution in [2.45, 2.75) is 37.6 Å². The lowest BCUT2D eigenvalue weighted by Crippen LogP contribution is -2.40. The highest BCUT2D eigenvalue weighted by atomic mass is 32.2. The largest absolute Gasteiger partial charge is 0.492 e. The van der Waals surface area contributed by atoms with Crippen LogP contribution >= 0.6 is 0 Å². The zero-order valence-corrected chi connectivity index (χ0v) is 17.4. The average Bonchev–Trinajstić information content (AvgIpc) is 3.10. The molecule has 7 nitrogen and oxygen atoms in total. The van der Waals surface area contributed by atoms with Gasteiger partial charge >= 0.3 is 0 Å². The van der Waals surface area contributed by atoms with Crippen molar-refractivity contribution in [3.05, 3.63) is 24.3 Å². The number of guanidine groups is 1. The van der Waals surface area contributed by atoms with Gasteiger partial charge in [-0.15, -0.1) is 0 Å². The number of likely N-dealkylation sites (tertiary alicyclic amines) is 1. The van der Waals surface area contributed by atoms with Crippen LogP contribution in [-0.2, 0) is 9.84 Å². The van der Waals surface area contributed by atoms with Gasteiger partial charge in [0.15, 0.2) is 15.8 Å². The van der Waals surface area contributed by atoms with E-state index in [1.807, 2.05) is 6.92 Å². The number of sulfone groups is 1. The predicted molar refractivity (Wildman–Crippen MR) is 109 cm³/mol. The molecule has 8 heteroatoms. The monoisotopic (exact) mass is 396 g/mol. The van der Waals surface area contributed by atoms with E-state index in [1.54, 1.807) is 24.3 Å². The Kier molecular flexibility index (Phi) is 8.37. The van der Waals surface area contributed by atoms with Crippen molar-refractivity contribution in [3.8, 4) is 5.75 Å². The number of hydrogen-bond acceptors (Lipinski definition) is 5. The maximum Gasteiger partial charge on any atom is 0.191 e. The van der Waals surface area contributed by atoms with E-state index in [9.17, 15) is 8.42 Å². The van der Waals surface area contributed by atoms with Crippen LogP contribution in [0.1, 0.15) is 26.7 Å². The van der Waals surface area contributed by atoms with Crippen LogP contribution in [0, 0.1) is 0 Å². The first-order valence-corrected chi connectivity index (χ1v) is 11.5. The second kappa shape index (κ2) is 10.5. The molecule has 1 saturated heterocycles. The van der Waals surface area contributed by atoms with Gasteiger partial charge in [0.05, 0.1) is 18.0 Å². The molecule has 0 bridgehead atoms. The number of rotatable bonds is 9. The van der Waals surface area contributed by atoms with Gasteiger partial charge in [-0.25, -0.2) is 8.42 Å². The minimum atomic E-state index is -3.18. The Balaban J connectivity index is 1.77. The Morgan fingerprint density at radius 2 is 2.00 bits per heavy atom. The van der Waals surface area contributed by atoms with Gasteiger partial charge in [0, 0.05) is 18.8 Å². The zero-order valence-electron chi connectivity index (χ0n) is 16.6. The molecule has 1 aliphatic rings. The molecule has 1 heterocycles. The zero-order chi connectivity index (χ0) is 19.7. The lowest BCUT2D eigenvalue weighted by Gasteiger charge is -2.21. The molecule has 0 aromatic heterocycles. The van der Waals surface area contributed by atoms with Gasteiger partial charge in [0.25, 0.3) is 0 Å². The van der Waals surface area contributed by atoms with Gasteiger partial charge < -0.3 is 15.4 Å². The van der Waals surface area contributed by atoms with Crippen LogP contribution in [-0.4, -0.2) is 70.9 Å². The lowest BCUT2D eigenvalue weighted by atomic mass is 10.2. The number of likely N-dealkylation sites (N-methyl/N-ethyl adjacent to an activating group) is 1. The third kappa shape index (κ3) is 7.03. The highest BCUT2D eigenvalue weighted by Gasteiger charge is 2.22. The van der Waals surface area contributed by atoms with E-state index >= 15 is 0 Å². The molecule has 0 spiro atoms. The molecule has 1 atom stereocenters. The van der Waals surface area contributed by atoms with Crippen LogP contribution in [0.5, 0.6) is 5.75 Å². The second-order valence-corrected chi connectivity index (χ2v) is 8.68. The molecule has 0 radical (unpaired) electrons. The Morgan fingerprint density at radius 1 is 1.26 bits per heavy atom. The van der Waals surface area contributed by atoms with E-state index in [-0.39, 0.29) is 0 Å². The summed E-state index contributed by atoms with van der Waals surface area (Å²) < 4.78 is 28.6. The third-order valence-electron chi connectivity index (χ3n) is 4.62. The van der Waals surface area contributed by atoms with Gasteiger partial charge in [-0.3, -0.25) is 9.89 Å². The van der Waals surface area contributed by atoms with E-state index in [1.165, 1.54) is 25.6 Å². The summed E-state index contributed by atoms with van der Waals surface area (Å²) in [6, 6.07) is 7.01. The summed E-state index contributed by atoms with van der Waals surface area (Å²) >= 11 is 0. The Labute approximate surface area is 163 Å². The minimum absolute atomic E-state index is 0.294. The molecule has 1 unspecified atom stereocenters. The fourth-order valence-corrected chi connectivity index (χ4v) is 3.81. The van der Waals surface area contributed by atoms with E-state index < -0.39 is 9.84 Å². The summed E-state index contributed by atoms with van der Waals surface area (Å²) in [7, 11) is -3.18. The lowest BCUT2D eigenvalue weighted by molar-refractivity contribution is 0.273. The van der Waals surface area contributed by atoms with Gasteiger partial charge in [-0.1, -0.05) is 6.92 Å². The highest BCUT2D eigenvalue weighted by molar-refractivity contribution is 7.90. The second-order valence-electron chi connectivity index (χ2n) is 6.66. The normalized spacial score (nSPS) is 18.5. The van der Waals surface area contributed by atoms with Crippen molar-refractivity contribution in [2.24, 2.45) is 4.99 Å². The van der Waals surface area contributed by atoms with Crippen LogP contribution in [0.3, 0.4) is 0 Å². The first-order chi connectivity index (χ1) is 12.9. The quantitative estimate of drug-likeness (QED) is 0.374. The summed E-state index contributed by atoms with van der Waals surface area (Å²) in [6.45, 7) is 9.19. The highest BCUT2D eigenvalue weighted by Crippen LogP contribution is 2.17. The van der Waals surface area contributed by atoms with Gasteiger partial charge in [0.2, 0.25) is 0 Å².